The lowest BCUT2D eigenvalue weighted by Gasteiger charge is -2.45. The fourth-order valence-corrected chi connectivity index (χ4v) is 8.86. The number of hydrogen-bond acceptors (Lipinski definition) is 4. The summed E-state index contributed by atoms with van der Waals surface area (Å²) in [5, 5.41) is 0. The molecule has 1 aliphatic carbocycles. The van der Waals surface area contributed by atoms with Gasteiger partial charge < -0.3 is 9.80 Å². The minimum Gasteiger partial charge on any atom is -0.311 e. The van der Waals surface area contributed by atoms with Crippen molar-refractivity contribution in [2.24, 2.45) is 0 Å². The Morgan fingerprint density at radius 3 is 1.39 bits per heavy atom. The third kappa shape index (κ3) is 5.07. The summed E-state index contributed by atoms with van der Waals surface area (Å²) in [7, 11) is 0. The van der Waals surface area contributed by atoms with Gasteiger partial charge in [0.05, 0.1) is 0 Å². The number of nitrogens with zero attached hydrogens (tertiary/aromatic N) is 4. The molecular formula is C46H37BN4. The SMILES string of the molecule is c1ccc(N2c3ccc(-c4ccncc4)cc3B3c4cc(-c5ccncc5)ccc4N(c4ccccc4)c4cc(C5CCCCC5)cc2c43)cc1. The second-order valence-corrected chi connectivity index (χ2v) is 14.1. The zero-order valence-corrected chi connectivity index (χ0v) is 28.5. The maximum atomic E-state index is 4.33. The van der Waals surface area contributed by atoms with Gasteiger partial charge in [-0.1, -0.05) is 79.9 Å². The van der Waals surface area contributed by atoms with Crippen LogP contribution < -0.4 is 26.2 Å². The van der Waals surface area contributed by atoms with E-state index in [-0.39, 0.29) is 6.71 Å². The Bertz CT molecular complexity index is 2200. The molecule has 3 aliphatic rings. The second-order valence-electron chi connectivity index (χ2n) is 14.1. The van der Waals surface area contributed by atoms with E-state index in [1.807, 2.05) is 24.8 Å². The third-order valence-corrected chi connectivity index (χ3v) is 11.2. The van der Waals surface area contributed by atoms with Gasteiger partial charge in [0.15, 0.2) is 0 Å². The Morgan fingerprint density at radius 1 is 0.451 bits per heavy atom. The molecule has 2 aliphatic heterocycles. The molecule has 0 N–H and O–H groups in total. The number of aromatic nitrogens is 2. The zero-order chi connectivity index (χ0) is 33.7. The first-order chi connectivity index (χ1) is 25.3. The van der Waals surface area contributed by atoms with Gasteiger partial charge in [-0.2, -0.15) is 0 Å². The largest absolute Gasteiger partial charge is 0.311 e. The molecule has 51 heavy (non-hydrogen) atoms. The first-order valence-corrected chi connectivity index (χ1v) is 18.3. The van der Waals surface area contributed by atoms with E-state index in [1.54, 1.807) is 0 Å². The van der Waals surface area contributed by atoms with E-state index in [0.717, 1.165) is 0 Å². The summed E-state index contributed by atoms with van der Waals surface area (Å²) in [5.74, 6) is 0.555. The van der Waals surface area contributed by atoms with Crippen molar-refractivity contribution in [3.8, 4) is 22.3 Å². The van der Waals surface area contributed by atoms with Gasteiger partial charge in [0.25, 0.3) is 6.71 Å². The topological polar surface area (TPSA) is 32.3 Å². The highest BCUT2D eigenvalue weighted by Gasteiger charge is 2.44. The van der Waals surface area contributed by atoms with Crippen molar-refractivity contribution in [2.75, 3.05) is 9.80 Å². The van der Waals surface area contributed by atoms with E-state index in [9.17, 15) is 0 Å². The van der Waals surface area contributed by atoms with Crippen LogP contribution in [-0.4, -0.2) is 16.7 Å². The van der Waals surface area contributed by atoms with Crippen molar-refractivity contribution >= 4 is 57.2 Å². The van der Waals surface area contributed by atoms with Gasteiger partial charge in [0.2, 0.25) is 0 Å². The Morgan fingerprint density at radius 2 is 0.922 bits per heavy atom. The van der Waals surface area contributed by atoms with Crippen molar-refractivity contribution < 1.29 is 0 Å². The highest BCUT2D eigenvalue weighted by molar-refractivity contribution is 7.00. The average Bonchev–Trinajstić information content (AvgIpc) is 3.22. The first kappa shape index (κ1) is 29.9. The van der Waals surface area contributed by atoms with Crippen LogP contribution in [-0.2, 0) is 0 Å². The van der Waals surface area contributed by atoms with E-state index >= 15 is 0 Å². The van der Waals surface area contributed by atoms with Gasteiger partial charge in [-0.05, 0) is 136 Å². The minimum atomic E-state index is 0.0314. The molecule has 10 rings (SSSR count). The lowest BCUT2D eigenvalue weighted by molar-refractivity contribution is 0.444. The van der Waals surface area contributed by atoms with E-state index in [1.165, 1.54) is 110 Å². The van der Waals surface area contributed by atoms with Crippen LogP contribution in [0.5, 0.6) is 0 Å². The third-order valence-electron chi connectivity index (χ3n) is 11.2. The predicted molar refractivity (Wildman–Crippen MR) is 213 cm³/mol. The van der Waals surface area contributed by atoms with E-state index in [0.29, 0.717) is 5.92 Å². The Hall–Kier alpha value is -5.94. The summed E-state index contributed by atoms with van der Waals surface area (Å²) in [5.41, 5.74) is 17.6. The number of anilines is 6. The van der Waals surface area contributed by atoms with Crippen LogP contribution in [0.4, 0.5) is 34.1 Å². The van der Waals surface area contributed by atoms with Crippen LogP contribution >= 0.6 is 0 Å². The molecule has 1 saturated carbocycles. The van der Waals surface area contributed by atoms with Crippen molar-refractivity contribution in [3.05, 3.63) is 164 Å². The van der Waals surface area contributed by atoms with Gasteiger partial charge in [0, 0.05) is 58.9 Å². The average molecular weight is 657 g/mol. The molecule has 5 heteroatoms. The van der Waals surface area contributed by atoms with Crippen LogP contribution in [0.15, 0.2) is 158 Å². The fourth-order valence-electron chi connectivity index (χ4n) is 8.86. The maximum Gasteiger partial charge on any atom is 0.252 e. The number of fused-ring (bicyclic) bond motifs is 4. The molecule has 2 aromatic heterocycles. The van der Waals surface area contributed by atoms with Gasteiger partial charge >= 0.3 is 0 Å². The standard InChI is InChI=1S/C46H37BN4/c1-4-10-32(11-5-1)37-30-44-46-45(31-37)51(39-14-8-3-9-15-39)43-19-17-36(34-22-26-49-27-23-34)29-41(43)47(46)40-28-35(33-20-24-48-25-21-33)16-18-42(40)50(44)38-12-6-2-7-13-38/h2-3,6-9,12-32H,1,4-5,10-11H2. The monoisotopic (exact) mass is 656 g/mol. The molecule has 0 radical (unpaired) electrons. The van der Waals surface area contributed by atoms with Crippen LogP contribution in [0.1, 0.15) is 43.6 Å². The van der Waals surface area contributed by atoms with Crippen LogP contribution in [0.3, 0.4) is 0 Å². The van der Waals surface area contributed by atoms with Crippen molar-refractivity contribution in [2.45, 2.75) is 38.0 Å². The number of rotatable bonds is 5. The summed E-state index contributed by atoms with van der Waals surface area (Å²) in [6.07, 6.45) is 14.0. The molecule has 5 aromatic carbocycles. The summed E-state index contributed by atoms with van der Waals surface area (Å²) >= 11 is 0. The summed E-state index contributed by atoms with van der Waals surface area (Å²) < 4.78 is 0. The Kier molecular flexibility index (Phi) is 7.30. The lowest BCUT2D eigenvalue weighted by atomic mass is 9.33. The molecule has 244 valence electrons. The van der Waals surface area contributed by atoms with E-state index < -0.39 is 0 Å². The highest BCUT2D eigenvalue weighted by Crippen LogP contribution is 2.47. The van der Waals surface area contributed by atoms with Crippen LogP contribution in [0.2, 0.25) is 0 Å². The molecule has 0 amide bonds. The number of para-hydroxylation sites is 2. The minimum absolute atomic E-state index is 0.0314. The molecule has 0 spiro atoms. The molecule has 0 atom stereocenters. The molecule has 0 unspecified atom stereocenters. The zero-order valence-electron chi connectivity index (χ0n) is 28.5. The fraction of sp³-hybridized carbons (Fsp3) is 0.130. The molecule has 7 aromatic rings. The van der Waals surface area contributed by atoms with Crippen LogP contribution in [0, 0.1) is 0 Å². The molecule has 4 nitrogen and oxygen atoms in total. The lowest BCUT2D eigenvalue weighted by Crippen LogP contribution is -2.61. The normalized spacial score (nSPS) is 14.9. The Labute approximate surface area is 300 Å². The summed E-state index contributed by atoms with van der Waals surface area (Å²) in [6.45, 7) is 0.0314. The maximum absolute atomic E-state index is 4.33. The van der Waals surface area contributed by atoms with E-state index in [4.69, 9.17) is 0 Å². The highest BCUT2D eigenvalue weighted by atomic mass is 15.2. The predicted octanol–water partition coefficient (Wildman–Crippen LogP) is 9.94. The quantitative estimate of drug-likeness (QED) is 0.173. The molecule has 1 fully saturated rings. The number of hydrogen-bond donors (Lipinski definition) is 0. The molecule has 0 saturated heterocycles. The molecule has 0 bridgehead atoms. The first-order valence-electron chi connectivity index (χ1n) is 18.3. The van der Waals surface area contributed by atoms with E-state index in [2.05, 4.69) is 153 Å². The molecule has 4 heterocycles. The van der Waals surface area contributed by atoms with Crippen LogP contribution in [0.25, 0.3) is 22.3 Å². The van der Waals surface area contributed by atoms with Gasteiger partial charge in [-0.3, -0.25) is 9.97 Å². The molecular weight excluding hydrogens is 619 g/mol. The summed E-state index contributed by atoms with van der Waals surface area (Å²) in [6, 6.07) is 49.6. The van der Waals surface area contributed by atoms with Gasteiger partial charge in [0.1, 0.15) is 0 Å². The van der Waals surface area contributed by atoms with Crippen molar-refractivity contribution in [1.82, 2.24) is 9.97 Å². The van der Waals surface area contributed by atoms with Crippen molar-refractivity contribution in [3.63, 3.8) is 0 Å². The summed E-state index contributed by atoms with van der Waals surface area (Å²) in [4.78, 5) is 13.7. The smallest absolute Gasteiger partial charge is 0.252 e. The van der Waals surface area contributed by atoms with Gasteiger partial charge in [-0.25, -0.2) is 0 Å². The Balaban J connectivity index is 1.31. The number of pyridine rings is 2. The van der Waals surface area contributed by atoms with Crippen molar-refractivity contribution in [1.29, 1.82) is 0 Å². The second kappa shape index (κ2) is 12.4. The van der Waals surface area contributed by atoms with Gasteiger partial charge in [-0.15, -0.1) is 0 Å². The number of benzene rings is 5.